The maximum Gasteiger partial charge on any atom is 0.229 e. The zero-order chi connectivity index (χ0) is 11.0. The van der Waals surface area contributed by atoms with Crippen LogP contribution in [-0.4, -0.2) is 24.0 Å². The van der Waals surface area contributed by atoms with E-state index in [0.717, 1.165) is 25.1 Å². The maximum atomic E-state index is 11.3. The molecule has 0 fully saturated rings. The highest BCUT2D eigenvalue weighted by Gasteiger charge is 2.10. The summed E-state index contributed by atoms with van der Waals surface area (Å²) in [5, 5.41) is 2.94. The number of thioether (sulfide) groups is 1. The average Bonchev–Trinajstić information content (AvgIpc) is 2.02. The monoisotopic (exact) mass is 217 g/mol. The van der Waals surface area contributed by atoms with Crippen molar-refractivity contribution in [3.05, 3.63) is 0 Å². The van der Waals surface area contributed by atoms with Gasteiger partial charge < -0.3 is 5.32 Å². The van der Waals surface area contributed by atoms with Gasteiger partial charge in [0.1, 0.15) is 0 Å². The van der Waals surface area contributed by atoms with Gasteiger partial charge in [-0.25, -0.2) is 0 Å². The predicted molar refractivity (Wildman–Crippen MR) is 64.7 cm³/mol. The summed E-state index contributed by atoms with van der Waals surface area (Å²) >= 11 is 1.71. The Labute approximate surface area is 92.2 Å². The van der Waals surface area contributed by atoms with Crippen LogP contribution in [0.15, 0.2) is 0 Å². The normalized spacial score (nSPS) is 11.4. The van der Waals surface area contributed by atoms with E-state index in [2.05, 4.69) is 33.0 Å². The Bertz CT molecular complexity index is 163. The molecule has 0 rings (SSSR count). The summed E-state index contributed by atoms with van der Waals surface area (Å²) in [6.07, 6.45) is 2.18. The van der Waals surface area contributed by atoms with E-state index in [4.69, 9.17) is 0 Å². The molecular weight excluding hydrogens is 194 g/mol. The quantitative estimate of drug-likeness (QED) is 0.693. The minimum Gasteiger partial charge on any atom is -0.355 e. The van der Waals surface area contributed by atoms with Crippen molar-refractivity contribution in [2.24, 2.45) is 5.41 Å². The molecule has 0 bridgehead atoms. The van der Waals surface area contributed by atoms with Crippen LogP contribution in [0.25, 0.3) is 0 Å². The fraction of sp³-hybridized carbons (Fsp3) is 0.909. The largest absolute Gasteiger partial charge is 0.355 e. The van der Waals surface area contributed by atoms with Crippen LogP contribution in [0, 0.1) is 5.41 Å². The molecule has 0 atom stereocenters. The lowest BCUT2D eigenvalue weighted by atomic mass is 9.92. The van der Waals surface area contributed by atoms with E-state index in [1.165, 1.54) is 0 Å². The van der Waals surface area contributed by atoms with Crippen LogP contribution < -0.4 is 5.32 Å². The Morgan fingerprint density at radius 3 is 2.50 bits per heavy atom. The Morgan fingerprint density at radius 1 is 1.36 bits per heavy atom. The first-order valence-electron chi connectivity index (χ1n) is 5.30. The number of hydrogen-bond donors (Lipinski definition) is 1. The first-order valence-corrected chi connectivity index (χ1v) is 6.45. The molecular formula is C11H23NOS. The molecule has 0 aromatic rings. The van der Waals surface area contributed by atoms with Gasteiger partial charge in [0.15, 0.2) is 0 Å². The van der Waals surface area contributed by atoms with Crippen molar-refractivity contribution in [1.82, 2.24) is 5.32 Å². The van der Waals surface area contributed by atoms with Gasteiger partial charge in [-0.2, -0.15) is 11.8 Å². The Balaban J connectivity index is 3.36. The van der Waals surface area contributed by atoms with E-state index in [1.807, 2.05) is 0 Å². The fourth-order valence-electron chi connectivity index (χ4n) is 0.937. The van der Waals surface area contributed by atoms with E-state index >= 15 is 0 Å². The van der Waals surface area contributed by atoms with Gasteiger partial charge in [0.25, 0.3) is 0 Å². The summed E-state index contributed by atoms with van der Waals surface area (Å²) in [6.45, 7) is 9.49. The lowest BCUT2D eigenvalue weighted by Gasteiger charge is -2.17. The molecule has 0 saturated heterocycles. The van der Waals surface area contributed by atoms with E-state index in [0.29, 0.717) is 11.2 Å². The molecule has 2 nitrogen and oxygen atoms in total. The standard InChI is InChI=1S/C11H23NOS/c1-5-8-14-9-10(13)12-7-6-11(2,3)4/h5-9H2,1-4H3,(H,12,13). The van der Waals surface area contributed by atoms with Crippen molar-refractivity contribution in [1.29, 1.82) is 0 Å². The summed E-state index contributed by atoms with van der Waals surface area (Å²) in [7, 11) is 0. The molecule has 1 amide bonds. The van der Waals surface area contributed by atoms with E-state index in [1.54, 1.807) is 11.8 Å². The maximum absolute atomic E-state index is 11.3. The van der Waals surface area contributed by atoms with Gasteiger partial charge in [-0.3, -0.25) is 4.79 Å². The van der Waals surface area contributed by atoms with Gasteiger partial charge in [-0.15, -0.1) is 0 Å². The molecule has 84 valence electrons. The minimum absolute atomic E-state index is 0.174. The van der Waals surface area contributed by atoms with Crippen molar-refractivity contribution in [3.8, 4) is 0 Å². The number of carbonyl (C=O) groups is 1. The van der Waals surface area contributed by atoms with Gasteiger partial charge in [0.2, 0.25) is 5.91 Å². The average molecular weight is 217 g/mol. The van der Waals surface area contributed by atoms with Crippen molar-refractivity contribution < 1.29 is 4.79 Å². The fourth-order valence-corrected chi connectivity index (χ4v) is 1.66. The number of rotatable bonds is 6. The Kier molecular flexibility index (Phi) is 7.06. The molecule has 0 heterocycles. The van der Waals surface area contributed by atoms with Crippen LogP contribution in [-0.2, 0) is 4.79 Å². The van der Waals surface area contributed by atoms with Gasteiger partial charge in [-0.1, -0.05) is 27.7 Å². The summed E-state index contributed by atoms with van der Waals surface area (Å²) < 4.78 is 0. The third kappa shape index (κ3) is 9.90. The van der Waals surface area contributed by atoms with Crippen LogP contribution >= 0.6 is 11.8 Å². The van der Waals surface area contributed by atoms with Crippen molar-refractivity contribution >= 4 is 17.7 Å². The molecule has 1 N–H and O–H groups in total. The van der Waals surface area contributed by atoms with Crippen molar-refractivity contribution in [2.75, 3.05) is 18.1 Å². The molecule has 0 aromatic heterocycles. The second kappa shape index (κ2) is 7.16. The molecule has 0 spiro atoms. The Hall–Kier alpha value is -0.180. The molecule has 0 aliphatic rings. The highest BCUT2D eigenvalue weighted by Crippen LogP contribution is 2.16. The van der Waals surface area contributed by atoms with E-state index in [-0.39, 0.29) is 5.91 Å². The summed E-state index contributed by atoms with van der Waals surface area (Å²) in [4.78, 5) is 11.3. The summed E-state index contributed by atoms with van der Waals surface area (Å²) in [5.74, 6) is 1.86. The van der Waals surface area contributed by atoms with Crippen LogP contribution in [0.1, 0.15) is 40.5 Å². The number of carbonyl (C=O) groups excluding carboxylic acids is 1. The smallest absolute Gasteiger partial charge is 0.229 e. The first-order chi connectivity index (χ1) is 6.45. The molecule has 0 saturated carbocycles. The van der Waals surface area contributed by atoms with Gasteiger partial charge in [-0.05, 0) is 24.0 Å². The van der Waals surface area contributed by atoms with E-state index < -0.39 is 0 Å². The molecule has 14 heavy (non-hydrogen) atoms. The molecule has 3 heteroatoms. The summed E-state index contributed by atoms with van der Waals surface area (Å²) in [6, 6.07) is 0. The SMILES string of the molecule is CCCSCC(=O)NCCC(C)(C)C. The van der Waals surface area contributed by atoms with Crippen LogP contribution in [0.2, 0.25) is 0 Å². The minimum atomic E-state index is 0.174. The molecule has 0 radical (unpaired) electrons. The second-order valence-electron chi connectivity index (χ2n) is 4.71. The first kappa shape index (κ1) is 13.8. The molecule has 0 aliphatic heterocycles. The van der Waals surface area contributed by atoms with Crippen LogP contribution in [0.5, 0.6) is 0 Å². The number of amides is 1. The highest BCUT2D eigenvalue weighted by molar-refractivity contribution is 7.99. The van der Waals surface area contributed by atoms with E-state index in [9.17, 15) is 4.79 Å². The number of nitrogens with one attached hydrogen (secondary N) is 1. The Morgan fingerprint density at radius 2 is 2.00 bits per heavy atom. The van der Waals surface area contributed by atoms with Crippen LogP contribution in [0.4, 0.5) is 0 Å². The third-order valence-electron chi connectivity index (χ3n) is 1.78. The summed E-state index contributed by atoms with van der Waals surface area (Å²) in [5.41, 5.74) is 0.309. The molecule has 0 aliphatic carbocycles. The van der Waals surface area contributed by atoms with Crippen LogP contribution in [0.3, 0.4) is 0 Å². The zero-order valence-electron chi connectivity index (χ0n) is 9.85. The van der Waals surface area contributed by atoms with Crippen molar-refractivity contribution in [3.63, 3.8) is 0 Å². The second-order valence-corrected chi connectivity index (χ2v) is 5.82. The lowest BCUT2D eigenvalue weighted by molar-refractivity contribution is -0.118. The highest BCUT2D eigenvalue weighted by atomic mass is 32.2. The molecule has 0 aromatic carbocycles. The zero-order valence-corrected chi connectivity index (χ0v) is 10.7. The third-order valence-corrected chi connectivity index (χ3v) is 2.94. The predicted octanol–water partition coefficient (Wildman–Crippen LogP) is 2.68. The molecule has 0 unspecified atom stereocenters. The topological polar surface area (TPSA) is 29.1 Å². The van der Waals surface area contributed by atoms with Gasteiger partial charge in [0.05, 0.1) is 5.75 Å². The number of hydrogen-bond acceptors (Lipinski definition) is 2. The van der Waals surface area contributed by atoms with Crippen molar-refractivity contribution in [2.45, 2.75) is 40.5 Å². The van der Waals surface area contributed by atoms with Gasteiger partial charge >= 0.3 is 0 Å². The lowest BCUT2D eigenvalue weighted by Crippen LogP contribution is -2.28. The van der Waals surface area contributed by atoms with Gasteiger partial charge in [0, 0.05) is 6.54 Å².